The number of pyridine rings is 1. The van der Waals surface area contributed by atoms with Crippen molar-refractivity contribution in [3.8, 4) is 11.4 Å². The number of rotatable bonds is 7. The molecule has 0 saturated carbocycles. The van der Waals surface area contributed by atoms with Gasteiger partial charge in [-0.15, -0.1) is 16.4 Å². The lowest BCUT2D eigenvalue weighted by Gasteiger charge is -2.30. The monoisotopic (exact) mass is 495 g/mol. The molecule has 34 heavy (non-hydrogen) atoms. The minimum absolute atomic E-state index is 0.0399. The Morgan fingerprint density at radius 1 is 1.09 bits per heavy atom. The van der Waals surface area contributed by atoms with E-state index in [0.717, 1.165) is 35.8 Å². The van der Waals surface area contributed by atoms with Crippen molar-refractivity contribution in [2.45, 2.75) is 12.8 Å². The Hall–Kier alpha value is -3.27. The number of benzene rings is 1. The summed E-state index contributed by atoms with van der Waals surface area (Å²) in [4.78, 5) is 27.7. The van der Waals surface area contributed by atoms with Crippen LogP contribution in [0.4, 0.5) is 5.69 Å². The molecule has 0 N–H and O–H groups in total. The highest BCUT2D eigenvalue weighted by Crippen LogP contribution is 2.28. The Bertz CT molecular complexity index is 1370. The molecular formula is C24H22ClN5O3S. The molecule has 1 aliphatic heterocycles. The smallest absolute Gasteiger partial charge is 0.255 e. The zero-order chi connectivity index (χ0) is 23.5. The minimum atomic E-state index is -0.0945. The molecule has 10 heteroatoms. The average molecular weight is 496 g/mol. The maximum atomic E-state index is 12.4. The van der Waals surface area contributed by atoms with Gasteiger partial charge in [-0.1, -0.05) is 22.9 Å². The quantitative estimate of drug-likeness (QED) is 0.363. The number of halogens is 1. The summed E-state index contributed by atoms with van der Waals surface area (Å²) in [5.74, 6) is 0.0399. The van der Waals surface area contributed by atoms with Gasteiger partial charge >= 0.3 is 0 Å². The zero-order valence-electron chi connectivity index (χ0n) is 18.3. The summed E-state index contributed by atoms with van der Waals surface area (Å²) < 4.78 is 9.47. The molecule has 0 radical (unpaired) electrons. The number of aryl methyl sites for hydroxylation is 1. The van der Waals surface area contributed by atoms with E-state index in [1.165, 1.54) is 17.4 Å². The third-order valence-corrected chi connectivity index (χ3v) is 6.93. The summed E-state index contributed by atoms with van der Waals surface area (Å²) in [5.41, 5.74) is 3.20. The lowest BCUT2D eigenvalue weighted by Crippen LogP contribution is -2.37. The minimum Gasteiger partial charge on any atom is -0.378 e. The summed E-state index contributed by atoms with van der Waals surface area (Å²) in [6, 6.07) is 14.4. The molecule has 1 fully saturated rings. The van der Waals surface area contributed by atoms with Crippen LogP contribution in [0.2, 0.25) is 4.34 Å². The second-order valence-electron chi connectivity index (χ2n) is 7.86. The molecule has 0 aliphatic carbocycles. The van der Waals surface area contributed by atoms with Crippen LogP contribution in [0.5, 0.6) is 0 Å². The van der Waals surface area contributed by atoms with Crippen molar-refractivity contribution in [1.82, 2.24) is 19.6 Å². The second-order valence-corrected chi connectivity index (χ2v) is 9.58. The number of Topliss-reactive ketones (excluding diaryl/α,β-unsaturated/α-hetero) is 1. The van der Waals surface area contributed by atoms with Crippen LogP contribution in [0, 0.1) is 0 Å². The molecule has 4 heterocycles. The van der Waals surface area contributed by atoms with Gasteiger partial charge in [0.05, 0.1) is 51.4 Å². The lowest BCUT2D eigenvalue weighted by atomic mass is 10.1. The van der Waals surface area contributed by atoms with Gasteiger partial charge in [-0.05, 0) is 36.4 Å². The fourth-order valence-corrected chi connectivity index (χ4v) is 4.92. The predicted molar refractivity (Wildman–Crippen MR) is 132 cm³/mol. The Morgan fingerprint density at radius 3 is 2.71 bits per heavy atom. The maximum Gasteiger partial charge on any atom is 0.255 e. The number of anilines is 1. The zero-order valence-corrected chi connectivity index (χ0v) is 19.8. The number of morpholine rings is 1. The molecule has 0 unspecified atom stereocenters. The van der Waals surface area contributed by atoms with E-state index in [2.05, 4.69) is 15.2 Å². The van der Waals surface area contributed by atoms with E-state index in [1.807, 2.05) is 30.5 Å². The van der Waals surface area contributed by atoms with Crippen molar-refractivity contribution in [3.63, 3.8) is 0 Å². The standard InChI is InChI=1S/C24H22ClN5O3S/c25-23-9-8-22(34-23)21(31)7-4-17-16-30(27-26-17)19-6-5-18(29-10-2-1-3-24(29)32)15-20(19)28-11-13-33-14-12-28/h1-3,5-6,8-10,15-16H,4,7,11-14H2. The largest absolute Gasteiger partial charge is 0.378 e. The number of carbonyl (C=O) groups excluding carboxylic acids is 1. The van der Waals surface area contributed by atoms with Crippen LogP contribution >= 0.6 is 22.9 Å². The van der Waals surface area contributed by atoms with Gasteiger partial charge in [0.15, 0.2) is 5.78 Å². The van der Waals surface area contributed by atoms with E-state index in [4.69, 9.17) is 16.3 Å². The Balaban J connectivity index is 1.42. The third-order valence-electron chi connectivity index (χ3n) is 5.66. The fourth-order valence-electron chi connectivity index (χ4n) is 3.91. The van der Waals surface area contributed by atoms with Gasteiger partial charge in [0.2, 0.25) is 0 Å². The molecule has 0 spiro atoms. The number of carbonyl (C=O) groups is 1. The van der Waals surface area contributed by atoms with E-state index in [-0.39, 0.29) is 11.3 Å². The summed E-state index contributed by atoms with van der Waals surface area (Å²) in [6.45, 7) is 2.73. The topological polar surface area (TPSA) is 82.2 Å². The van der Waals surface area contributed by atoms with Crippen LogP contribution in [-0.2, 0) is 11.2 Å². The summed E-state index contributed by atoms with van der Waals surface area (Å²) >= 11 is 7.23. The Labute approximate surface area is 205 Å². The summed E-state index contributed by atoms with van der Waals surface area (Å²) in [5, 5.41) is 8.61. The van der Waals surface area contributed by atoms with Crippen molar-refractivity contribution >= 4 is 34.4 Å². The Morgan fingerprint density at radius 2 is 1.94 bits per heavy atom. The van der Waals surface area contributed by atoms with Crippen LogP contribution < -0.4 is 10.5 Å². The molecule has 1 saturated heterocycles. The first-order valence-corrected chi connectivity index (χ1v) is 12.1. The number of ether oxygens (including phenoxy) is 1. The maximum absolute atomic E-state index is 12.4. The lowest BCUT2D eigenvalue weighted by molar-refractivity contribution is 0.0986. The number of aromatic nitrogens is 4. The van der Waals surface area contributed by atoms with E-state index in [1.54, 1.807) is 33.6 Å². The molecule has 3 aromatic heterocycles. The van der Waals surface area contributed by atoms with Gasteiger partial charge < -0.3 is 9.64 Å². The second kappa shape index (κ2) is 9.92. The van der Waals surface area contributed by atoms with Crippen LogP contribution in [0.1, 0.15) is 21.8 Å². The fraction of sp³-hybridized carbons (Fsp3) is 0.250. The average Bonchev–Trinajstić information content (AvgIpc) is 3.52. The van der Waals surface area contributed by atoms with E-state index in [0.29, 0.717) is 35.3 Å². The van der Waals surface area contributed by atoms with E-state index < -0.39 is 0 Å². The number of hydrogen-bond acceptors (Lipinski definition) is 7. The number of hydrogen-bond donors (Lipinski definition) is 0. The number of thiophene rings is 1. The number of ketones is 1. The van der Waals surface area contributed by atoms with Crippen molar-refractivity contribution in [2.24, 2.45) is 0 Å². The normalized spacial score (nSPS) is 13.9. The van der Waals surface area contributed by atoms with Gasteiger partial charge in [0.25, 0.3) is 5.56 Å². The molecule has 0 bridgehead atoms. The molecule has 1 aromatic carbocycles. The SMILES string of the molecule is O=C(CCc1cn(-c2ccc(-n3ccccc3=O)cc2N2CCOCC2)nn1)c1ccc(Cl)s1. The molecule has 0 amide bonds. The van der Waals surface area contributed by atoms with Crippen LogP contribution in [0.3, 0.4) is 0 Å². The predicted octanol–water partition coefficient (Wildman–Crippen LogP) is 3.79. The highest BCUT2D eigenvalue weighted by atomic mass is 35.5. The van der Waals surface area contributed by atoms with E-state index in [9.17, 15) is 9.59 Å². The molecule has 8 nitrogen and oxygen atoms in total. The van der Waals surface area contributed by atoms with E-state index >= 15 is 0 Å². The number of nitrogens with zero attached hydrogens (tertiary/aromatic N) is 5. The first-order chi connectivity index (χ1) is 16.6. The third kappa shape index (κ3) is 4.82. The Kier molecular flexibility index (Phi) is 6.57. The van der Waals surface area contributed by atoms with Gasteiger partial charge in [0.1, 0.15) is 0 Å². The van der Waals surface area contributed by atoms with Crippen LogP contribution in [0.25, 0.3) is 11.4 Å². The molecule has 0 atom stereocenters. The van der Waals surface area contributed by atoms with Gasteiger partial charge in [0, 0.05) is 38.2 Å². The van der Waals surface area contributed by atoms with Gasteiger partial charge in [-0.2, -0.15) is 0 Å². The molecule has 4 aromatic rings. The molecule has 174 valence electrons. The van der Waals surface area contributed by atoms with Crippen molar-refractivity contribution in [3.05, 3.63) is 86.2 Å². The highest BCUT2D eigenvalue weighted by molar-refractivity contribution is 7.18. The van der Waals surface area contributed by atoms with Crippen molar-refractivity contribution in [1.29, 1.82) is 0 Å². The van der Waals surface area contributed by atoms with Crippen LogP contribution in [-0.4, -0.2) is 51.6 Å². The summed E-state index contributed by atoms with van der Waals surface area (Å²) in [7, 11) is 0. The van der Waals surface area contributed by atoms with Gasteiger partial charge in [-0.3, -0.25) is 14.2 Å². The molecular weight excluding hydrogens is 474 g/mol. The highest BCUT2D eigenvalue weighted by Gasteiger charge is 2.19. The first-order valence-electron chi connectivity index (χ1n) is 10.9. The summed E-state index contributed by atoms with van der Waals surface area (Å²) in [6.07, 6.45) is 4.43. The van der Waals surface area contributed by atoms with Crippen molar-refractivity contribution in [2.75, 3.05) is 31.2 Å². The molecule has 5 rings (SSSR count). The van der Waals surface area contributed by atoms with Crippen LogP contribution in [0.15, 0.2) is 65.7 Å². The van der Waals surface area contributed by atoms with Gasteiger partial charge in [-0.25, -0.2) is 4.68 Å². The van der Waals surface area contributed by atoms with Crippen molar-refractivity contribution < 1.29 is 9.53 Å². The molecule has 1 aliphatic rings. The first kappa shape index (κ1) is 22.5.